The third-order valence-electron chi connectivity index (χ3n) is 2.18. The molecule has 0 saturated heterocycles. The Balaban J connectivity index is 2.11. The van der Waals surface area contributed by atoms with Crippen LogP contribution in [-0.4, -0.2) is 21.9 Å². The fraction of sp³-hybridized carbons (Fsp3) is 0.273. The van der Waals surface area contributed by atoms with Gasteiger partial charge < -0.3 is 9.52 Å². The summed E-state index contributed by atoms with van der Waals surface area (Å²) in [4.78, 5) is 0. The molecule has 0 fully saturated rings. The molecule has 0 amide bonds. The van der Waals surface area contributed by atoms with E-state index in [2.05, 4.69) is 10.2 Å². The van der Waals surface area contributed by atoms with E-state index >= 15 is 0 Å². The summed E-state index contributed by atoms with van der Waals surface area (Å²) in [6, 6.07) is 7.91. The first-order valence-corrected chi connectivity index (χ1v) is 4.86. The fourth-order valence-electron chi connectivity index (χ4n) is 1.40. The maximum absolute atomic E-state index is 8.70. The predicted molar refractivity (Wildman–Crippen MR) is 55.1 cm³/mol. The van der Waals surface area contributed by atoms with Gasteiger partial charge in [-0.3, -0.25) is 0 Å². The van der Waals surface area contributed by atoms with Crippen molar-refractivity contribution in [1.29, 1.82) is 0 Å². The van der Waals surface area contributed by atoms with Crippen LogP contribution in [0.3, 0.4) is 0 Å². The highest BCUT2D eigenvalue weighted by molar-refractivity contribution is 5.52. The van der Waals surface area contributed by atoms with Gasteiger partial charge in [-0.25, -0.2) is 0 Å². The van der Waals surface area contributed by atoms with Crippen LogP contribution in [0.4, 0.5) is 0 Å². The van der Waals surface area contributed by atoms with E-state index in [0.29, 0.717) is 5.89 Å². The number of aliphatic hydroxyl groups excluding tert-OH is 1. The Labute approximate surface area is 87.6 Å². The lowest BCUT2D eigenvalue weighted by molar-refractivity contribution is 0.288. The normalized spacial score (nSPS) is 10.5. The van der Waals surface area contributed by atoms with Crippen molar-refractivity contribution in [2.24, 2.45) is 0 Å². The third-order valence-corrected chi connectivity index (χ3v) is 2.18. The van der Waals surface area contributed by atoms with Gasteiger partial charge in [-0.1, -0.05) is 12.1 Å². The first-order valence-electron chi connectivity index (χ1n) is 4.86. The number of aliphatic hydroxyl groups is 1. The minimum atomic E-state index is 0.228. The molecule has 0 spiro atoms. The molecule has 2 rings (SSSR count). The van der Waals surface area contributed by atoms with Crippen molar-refractivity contribution < 1.29 is 9.52 Å². The van der Waals surface area contributed by atoms with Crippen molar-refractivity contribution in [1.82, 2.24) is 10.2 Å². The molecule has 78 valence electrons. The molecule has 1 N–H and O–H groups in total. The Morgan fingerprint density at radius 2 is 2.00 bits per heavy atom. The summed E-state index contributed by atoms with van der Waals surface area (Å²) in [6.07, 6.45) is 3.00. The Hall–Kier alpha value is -1.68. The van der Waals surface area contributed by atoms with Gasteiger partial charge in [0.05, 0.1) is 0 Å². The topological polar surface area (TPSA) is 59.2 Å². The second kappa shape index (κ2) is 4.70. The second-order valence-electron chi connectivity index (χ2n) is 3.27. The minimum Gasteiger partial charge on any atom is -0.423 e. The van der Waals surface area contributed by atoms with Crippen LogP contribution in [0.15, 0.2) is 35.1 Å². The first kappa shape index (κ1) is 9.86. The van der Waals surface area contributed by atoms with Crippen LogP contribution in [0.2, 0.25) is 0 Å². The average Bonchev–Trinajstić information content (AvgIpc) is 2.80. The molecule has 1 aromatic heterocycles. The highest BCUT2D eigenvalue weighted by atomic mass is 16.4. The summed E-state index contributed by atoms with van der Waals surface area (Å²) in [5.74, 6) is 0.531. The van der Waals surface area contributed by atoms with Crippen LogP contribution in [0.25, 0.3) is 11.5 Å². The van der Waals surface area contributed by atoms with Crippen molar-refractivity contribution in [3.05, 3.63) is 36.2 Å². The van der Waals surface area contributed by atoms with Crippen LogP contribution in [0.1, 0.15) is 12.0 Å². The van der Waals surface area contributed by atoms with E-state index in [1.54, 1.807) is 0 Å². The molecule has 0 aliphatic rings. The Bertz CT molecular complexity index is 395. The number of aromatic nitrogens is 2. The molecule has 0 aliphatic carbocycles. The van der Waals surface area contributed by atoms with Gasteiger partial charge >= 0.3 is 0 Å². The number of hydrogen-bond donors (Lipinski definition) is 1. The van der Waals surface area contributed by atoms with Gasteiger partial charge in [-0.05, 0) is 30.5 Å². The molecule has 0 unspecified atom stereocenters. The van der Waals surface area contributed by atoms with Crippen LogP contribution in [0.5, 0.6) is 0 Å². The van der Waals surface area contributed by atoms with Crippen LogP contribution < -0.4 is 0 Å². The van der Waals surface area contributed by atoms with Crippen LogP contribution >= 0.6 is 0 Å². The van der Waals surface area contributed by atoms with Crippen LogP contribution in [0, 0.1) is 0 Å². The quantitative estimate of drug-likeness (QED) is 0.822. The van der Waals surface area contributed by atoms with Crippen LogP contribution in [-0.2, 0) is 6.42 Å². The largest absolute Gasteiger partial charge is 0.423 e. The molecule has 0 bridgehead atoms. The van der Waals surface area contributed by atoms with E-state index in [9.17, 15) is 0 Å². The second-order valence-corrected chi connectivity index (χ2v) is 3.27. The predicted octanol–water partition coefficient (Wildman–Crippen LogP) is 1.66. The zero-order valence-electron chi connectivity index (χ0n) is 8.26. The Morgan fingerprint density at radius 3 is 2.60 bits per heavy atom. The maximum atomic E-state index is 8.70. The van der Waals surface area contributed by atoms with E-state index in [4.69, 9.17) is 9.52 Å². The third kappa shape index (κ3) is 2.41. The summed E-state index contributed by atoms with van der Waals surface area (Å²) < 4.78 is 5.08. The van der Waals surface area contributed by atoms with Crippen molar-refractivity contribution in [3.8, 4) is 11.5 Å². The smallest absolute Gasteiger partial charge is 0.247 e. The Morgan fingerprint density at radius 1 is 1.20 bits per heavy atom. The molecular formula is C11H12N2O2. The Kier molecular flexibility index (Phi) is 3.09. The fourth-order valence-corrected chi connectivity index (χ4v) is 1.40. The number of hydrogen-bond acceptors (Lipinski definition) is 4. The molecule has 2 aromatic rings. The monoisotopic (exact) mass is 204 g/mol. The molecule has 4 nitrogen and oxygen atoms in total. The van der Waals surface area contributed by atoms with Gasteiger partial charge in [0.1, 0.15) is 0 Å². The average molecular weight is 204 g/mol. The van der Waals surface area contributed by atoms with Crippen molar-refractivity contribution in [3.63, 3.8) is 0 Å². The van der Waals surface area contributed by atoms with Crippen molar-refractivity contribution in [2.45, 2.75) is 12.8 Å². The van der Waals surface area contributed by atoms with Crippen molar-refractivity contribution >= 4 is 0 Å². The summed E-state index contributed by atoms with van der Waals surface area (Å²) in [6.45, 7) is 0.228. The molecule has 4 heteroatoms. The van der Waals surface area contributed by atoms with Gasteiger partial charge in [-0.15, -0.1) is 10.2 Å². The maximum Gasteiger partial charge on any atom is 0.247 e. The lowest BCUT2D eigenvalue weighted by Crippen LogP contribution is -1.89. The van der Waals surface area contributed by atoms with Gasteiger partial charge in [-0.2, -0.15) is 0 Å². The highest BCUT2D eigenvalue weighted by Crippen LogP contribution is 2.16. The highest BCUT2D eigenvalue weighted by Gasteiger charge is 2.02. The minimum absolute atomic E-state index is 0.228. The van der Waals surface area contributed by atoms with Gasteiger partial charge in [0.2, 0.25) is 12.3 Å². The molecule has 1 heterocycles. The summed E-state index contributed by atoms with van der Waals surface area (Å²) in [5, 5.41) is 16.1. The molecular weight excluding hydrogens is 192 g/mol. The lowest BCUT2D eigenvalue weighted by atomic mass is 10.1. The molecule has 1 aromatic carbocycles. The van der Waals surface area contributed by atoms with E-state index in [0.717, 1.165) is 18.4 Å². The molecule has 0 aliphatic heterocycles. The number of nitrogens with zero attached hydrogens (tertiary/aromatic N) is 2. The summed E-state index contributed by atoms with van der Waals surface area (Å²) in [5.41, 5.74) is 2.12. The van der Waals surface area contributed by atoms with E-state index in [1.807, 2.05) is 24.3 Å². The SMILES string of the molecule is OCCCc1ccc(-c2nnco2)cc1. The number of rotatable bonds is 4. The molecule has 15 heavy (non-hydrogen) atoms. The number of aryl methyl sites for hydroxylation is 1. The summed E-state index contributed by atoms with van der Waals surface area (Å²) in [7, 11) is 0. The van der Waals surface area contributed by atoms with Gasteiger partial charge in [0.15, 0.2) is 0 Å². The summed E-state index contributed by atoms with van der Waals surface area (Å²) >= 11 is 0. The molecule has 0 saturated carbocycles. The standard InChI is InChI=1S/C11H12N2O2/c14-7-1-2-9-3-5-10(6-4-9)11-13-12-8-15-11/h3-6,8,14H,1-2,7H2. The van der Waals surface area contributed by atoms with E-state index in [1.165, 1.54) is 12.0 Å². The first-order chi connectivity index (χ1) is 7.40. The lowest BCUT2D eigenvalue weighted by Gasteiger charge is -2.00. The zero-order valence-corrected chi connectivity index (χ0v) is 8.26. The molecule has 0 atom stereocenters. The van der Waals surface area contributed by atoms with E-state index in [-0.39, 0.29) is 6.61 Å². The van der Waals surface area contributed by atoms with Gasteiger partial charge in [0.25, 0.3) is 0 Å². The van der Waals surface area contributed by atoms with E-state index < -0.39 is 0 Å². The van der Waals surface area contributed by atoms with Crippen molar-refractivity contribution in [2.75, 3.05) is 6.61 Å². The molecule has 0 radical (unpaired) electrons. The number of benzene rings is 1. The van der Waals surface area contributed by atoms with Gasteiger partial charge in [0, 0.05) is 12.2 Å². The zero-order chi connectivity index (χ0) is 10.5.